The summed E-state index contributed by atoms with van der Waals surface area (Å²) in [5, 5.41) is 9.68. The van der Waals surface area contributed by atoms with E-state index in [0.717, 1.165) is 0 Å². The van der Waals surface area contributed by atoms with Crippen molar-refractivity contribution in [2.75, 3.05) is 24.4 Å². The summed E-state index contributed by atoms with van der Waals surface area (Å²) in [6.45, 7) is 1.73. The molecule has 2 amide bonds. The van der Waals surface area contributed by atoms with Crippen LogP contribution in [0.25, 0.3) is 5.69 Å². The van der Waals surface area contributed by atoms with Gasteiger partial charge >= 0.3 is 0 Å². The summed E-state index contributed by atoms with van der Waals surface area (Å²) >= 11 is 0. The zero-order chi connectivity index (χ0) is 20.1. The Balaban J connectivity index is 1.70. The summed E-state index contributed by atoms with van der Waals surface area (Å²) in [6.07, 6.45) is 1.47. The number of carbonyl (C=O) groups excluding carboxylic acids is 2. The average molecular weight is 382 g/mol. The van der Waals surface area contributed by atoms with Crippen LogP contribution in [0.2, 0.25) is 0 Å². The van der Waals surface area contributed by atoms with Crippen LogP contribution >= 0.6 is 0 Å². The summed E-state index contributed by atoms with van der Waals surface area (Å²) in [7, 11) is 1.44. The molecule has 0 spiro atoms. The smallest absolute Gasteiger partial charge is 0.259 e. The number of nitrogens with one attached hydrogen (secondary N) is 2. The predicted molar refractivity (Wildman–Crippen MR) is 103 cm³/mol. The maximum absolute atomic E-state index is 13.1. The summed E-state index contributed by atoms with van der Waals surface area (Å²) in [5.41, 5.74) is 2.87. The number of amides is 2. The Morgan fingerprint density at radius 1 is 1.04 bits per heavy atom. The molecule has 8 heteroatoms. The average Bonchev–Trinajstić information content (AvgIpc) is 3.06. The lowest BCUT2D eigenvalue weighted by molar-refractivity contribution is -0.119. The molecule has 0 aliphatic heterocycles. The number of halogens is 1. The van der Waals surface area contributed by atoms with Gasteiger partial charge in [-0.25, -0.2) is 9.07 Å². The summed E-state index contributed by atoms with van der Waals surface area (Å²) in [6, 6.07) is 12.6. The lowest BCUT2D eigenvalue weighted by atomic mass is 10.2. The molecule has 0 atom stereocenters. The number of hydrogen-bond donors (Lipinski definition) is 2. The molecule has 0 aliphatic carbocycles. The van der Waals surface area contributed by atoms with Gasteiger partial charge in [0.15, 0.2) is 0 Å². The highest BCUT2D eigenvalue weighted by Crippen LogP contribution is 2.18. The highest BCUT2D eigenvalue weighted by molar-refractivity contribution is 6.05. The highest BCUT2D eigenvalue weighted by Gasteiger charge is 2.15. The van der Waals surface area contributed by atoms with E-state index in [1.165, 1.54) is 25.4 Å². The second-order valence-corrected chi connectivity index (χ2v) is 6.04. The molecule has 2 aromatic carbocycles. The van der Waals surface area contributed by atoms with Crippen molar-refractivity contribution in [1.29, 1.82) is 0 Å². The molecule has 28 heavy (non-hydrogen) atoms. The van der Waals surface area contributed by atoms with Gasteiger partial charge in [0.1, 0.15) is 12.4 Å². The maximum Gasteiger partial charge on any atom is 0.259 e. The number of aromatic nitrogens is 2. The largest absolute Gasteiger partial charge is 0.375 e. The molecule has 0 saturated heterocycles. The van der Waals surface area contributed by atoms with Crippen molar-refractivity contribution in [2.24, 2.45) is 0 Å². The number of ether oxygens (including phenoxy) is 1. The van der Waals surface area contributed by atoms with Crippen molar-refractivity contribution < 1.29 is 18.7 Å². The van der Waals surface area contributed by atoms with Gasteiger partial charge in [-0.15, -0.1) is 0 Å². The van der Waals surface area contributed by atoms with Crippen LogP contribution in [0, 0.1) is 12.7 Å². The first-order chi connectivity index (χ1) is 13.5. The normalized spacial score (nSPS) is 10.5. The predicted octanol–water partition coefficient (Wildman–Crippen LogP) is 3.16. The lowest BCUT2D eigenvalue weighted by Gasteiger charge is -2.08. The highest BCUT2D eigenvalue weighted by atomic mass is 19.1. The minimum absolute atomic E-state index is 0.0319. The Hall–Kier alpha value is -3.52. The Labute approximate surface area is 161 Å². The molecular formula is C20H19FN4O3. The maximum atomic E-state index is 13.1. The second-order valence-electron chi connectivity index (χ2n) is 6.04. The minimum atomic E-state index is -0.339. The van der Waals surface area contributed by atoms with Crippen molar-refractivity contribution in [1.82, 2.24) is 9.78 Å². The van der Waals surface area contributed by atoms with Crippen LogP contribution in [0.4, 0.5) is 15.8 Å². The molecule has 2 N–H and O–H groups in total. The van der Waals surface area contributed by atoms with Gasteiger partial charge < -0.3 is 15.4 Å². The van der Waals surface area contributed by atoms with E-state index in [1.54, 1.807) is 48.0 Å². The van der Waals surface area contributed by atoms with Crippen LogP contribution in [0.3, 0.4) is 0 Å². The number of rotatable bonds is 6. The first-order valence-electron chi connectivity index (χ1n) is 8.48. The van der Waals surface area contributed by atoms with Gasteiger partial charge in [-0.2, -0.15) is 5.10 Å². The zero-order valence-corrected chi connectivity index (χ0v) is 15.4. The number of carbonyl (C=O) groups is 2. The van der Waals surface area contributed by atoms with Crippen LogP contribution in [0.1, 0.15) is 16.1 Å². The fourth-order valence-corrected chi connectivity index (χ4v) is 2.64. The molecule has 7 nitrogen and oxygen atoms in total. The Morgan fingerprint density at radius 2 is 1.64 bits per heavy atom. The van der Waals surface area contributed by atoms with Crippen molar-refractivity contribution in [3.63, 3.8) is 0 Å². The molecule has 0 fully saturated rings. The first-order valence-corrected chi connectivity index (χ1v) is 8.48. The number of nitrogens with zero attached hydrogens (tertiary/aromatic N) is 2. The second kappa shape index (κ2) is 8.45. The molecule has 0 aliphatic rings. The minimum Gasteiger partial charge on any atom is -0.375 e. The van der Waals surface area contributed by atoms with E-state index in [-0.39, 0.29) is 24.2 Å². The molecule has 0 unspecified atom stereocenters. The van der Waals surface area contributed by atoms with Gasteiger partial charge in [0.05, 0.1) is 23.1 Å². The van der Waals surface area contributed by atoms with E-state index in [1.807, 2.05) is 0 Å². The van der Waals surface area contributed by atoms with Crippen molar-refractivity contribution in [2.45, 2.75) is 6.92 Å². The third-order valence-corrected chi connectivity index (χ3v) is 4.03. The molecule has 3 rings (SSSR count). The Morgan fingerprint density at radius 3 is 2.25 bits per heavy atom. The molecule has 0 saturated carbocycles. The van der Waals surface area contributed by atoms with Crippen molar-refractivity contribution >= 4 is 23.2 Å². The third-order valence-electron chi connectivity index (χ3n) is 4.03. The topological polar surface area (TPSA) is 85.2 Å². The van der Waals surface area contributed by atoms with Crippen LogP contribution in [-0.2, 0) is 9.53 Å². The van der Waals surface area contributed by atoms with E-state index in [0.29, 0.717) is 28.3 Å². The fourth-order valence-electron chi connectivity index (χ4n) is 2.64. The summed E-state index contributed by atoms with van der Waals surface area (Å²) < 4.78 is 19.4. The lowest BCUT2D eigenvalue weighted by Crippen LogP contribution is -2.17. The zero-order valence-electron chi connectivity index (χ0n) is 15.4. The third kappa shape index (κ3) is 4.41. The quantitative estimate of drug-likeness (QED) is 0.686. The standard InChI is InChI=1S/C20H19FN4O3/c1-13-18(11-22-25(13)17-9-3-14(21)4-10-17)20(27)24-16-7-5-15(6-8-16)23-19(26)12-28-2/h3-11H,12H2,1-2H3,(H,23,26)(H,24,27). The fraction of sp³-hybridized carbons (Fsp3) is 0.150. The van der Waals surface area contributed by atoms with Gasteiger partial charge in [-0.1, -0.05) is 0 Å². The van der Waals surface area contributed by atoms with Crippen LogP contribution in [-0.4, -0.2) is 35.3 Å². The monoisotopic (exact) mass is 382 g/mol. The van der Waals surface area contributed by atoms with E-state index >= 15 is 0 Å². The first kappa shape index (κ1) is 19.2. The number of benzene rings is 2. The van der Waals surface area contributed by atoms with E-state index < -0.39 is 0 Å². The summed E-state index contributed by atoms with van der Waals surface area (Å²) in [5.74, 6) is -0.918. The molecule has 0 bridgehead atoms. The van der Waals surface area contributed by atoms with Crippen LogP contribution in [0.5, 0.6) is 0 Å². The molecule has 0 radical (unpaired) electrons. The molecule has 3 aromatic rings. The van der Waals surface area contributed by atoms with Gasteiger partial charge in [-0.3, -0.25) is 9.59 Å². The molecule has 144 valence electrons. The molecule has 1 aromatic heterocycles. The van der Waals surface area contributed by atoms with Gasteiger partial charge in [0, 0.05) is 18.5 Å². The van der Waals surface area contributed by atoms with Gasteiger partial charge in [0.2, 0.25) is 5.91 Å². The number of hydrogen-bond acceptors (Lipinski definition) is 4. The van der Waals surface area contributed by atoms with E-state index in [4.69, 9.17) is 4.74 Å². The van der Waals surface area contributed by atoms with Crippen LogP contribution < -0.4 is 10.6 Å². The number of methoxy groups -OCH3 is 1. The Bertz CT molecular complexity index is 982. The van der Waals surface area contributed by atoms with E-state index in [2.05, 4.69) is 15.7 Å². The summed E-state index contributed by atoms with van der Waals surface area (Å²) in [4.78, 5) is 24.1. The SMILES string of the molecule is COCC(=O)Nc1ccc(NC(=O)c2cnn(-c3ccc(F)cc3)c2C)cc1. The van der Waals surface area contributed by atoms with Crippen molar-refractivity contribution in [3.05, 3.63) is 71.8 Å². The van der Waals surface area contributed by atoms with E-state index in [9.17, 15) is 14.0 Å². The molecular weight excluding hydrogens is 363 g/mol. The van der Waals surface area contributed by atoms with Gasteiger partial charge in [-0.05, 0) is 55.5 Å². The van der Waals surface area contributed by atoms with Crippen LogP contribution in [0.15, 0.2) is 54.7 Å². The van der Waals surface area contributed by atoms with Gasteiger partial charge in [0.25, 0.3) is 5.91 Å². The number of anilines is 2. The Kier molecular flexibility index (Phi) is 5.81. The molecule has 1 heterocycles. The van der Waals surface area contributed by atoms with Crippen molar-refractivity contribution in [3.8, 4) is 5.69 Å².